The van der Waals surface area contributed by atoms with Crippen LogP contribution in [-0.4, -0.2) is 43.6 Å². The number of esters is 1. The van der Waals surface area contributed by atoms with Gasteiger partial charge in [-0.05, 0) is 38.2 Å². The van der Waals surface area contributed by atoms with E-state index in [1.54, 1.807) is 0 Å². The molecule has 0 bridgehead atoms. The molecule has 2 heterocycles. The summed E-state index contributed by atoms with van der Waals surface area (Å²) in [5.74, 6) is -0.387. The second-order valence-corrected chi connectivity index (χ2v) is 6.67. The number of ether oxygens (including phenoxy) is 3. The number of carbonyl (C=O) groups is 2. The number of allylic oxidation sites excluding steroid dienone is 1. The van der Waals surface area contributed by atoms with Gasteiger partial charge in [-0.3, -0.25) is 4.84 Å². The highest BCUT2D eigenvalue weighted by atomic mass is 16.7. The predicted molar refractivity (Wildman–Crippen MR) is 83.8 cm³/mol. The van der Waals surface area contributed by atoms with Gasteiger partial charge in [0.15, 0.2) is 0 Å². The van der Waals surface area contributed by atoms with Crippen LogP contribution in [0.5, 0.6) is 0 Å². The summed E-state index contributed by atoms with van der Waals surface area (Å²) in [6.07, 6.45) is 4.23. The largest absolute Gasteiger partial charge is 0.455 e. The summed E-state index contributed by atoms with van der Waals surface area (Å²) in [6.45, 7) is 6.12. The minimum Gasteiger partial charge on any atom is -0.455 e. The Labute approximate surface area is 140 Å². The number of fused-ring (bicyclic) bond motifs is 3. The molecule has 0 aromatic rings. The zero-order valence-electron chi connectivity index (χ0n) is 14.0. The van der Waals surface area contributed by atoms with Gasteiger partial charge in [0.1, 0.15) is 18.8 Å². The minimum absolute atomic E-state index is 0.0515. The molecule has 132 valence electrons. The fourth-order valence-corrected chi connectivity index (χ4v) is 3.52. The zero-order valence-corrected chi connectivity index (χ0v) is 14.0. The lowest BCUT2D eigenvalue weighted by Crippen LogP contribution is -2.29. The van der Waals surface area contributed by atoms with Crippen LogP contribution in [0.4, 0.5) is 4.79 Å². The van der Waals surface area contributed by atoms with Crippen molar-refractivity contribution in [3.63, 3.8) is 0 Å². The Kier molecular flexibility index (Phi) is 4.64. The van der Waals surface area contributed by atoms with E-state index in [0.717, 1.165) is 18.4 Å². The third-order valence-electron chi connectivity index (χ3n) is 5.01. The molecule has 1 amide bonds. The van der Waals surface area contributed by atoms with Gasteiger partial charge in [0.05, 0.1) is 12.7 Å². The topological polar surface area (TPSA) is 86.4 Å². The van der Waals surface area contributed by atoms with Gasteiger partial charge in [-0.25, -0.2) is 9.59 Å². The smallest absolute Gasteiger partial charge is 0.431 e. The first-order valence-electron chi connectivity index (χ1n) is 8.16. The molecule has 0 unspecified atom stereocenters. The molecule has 0 aromatic carbocycles. The van der Waals surface area contributed by atoms with Crippen molar-refractivity contribution in [1.29, 1.82) is 0 Å². The van der Waals surface area contributed by atoms with Gasteiger partial charge >= 0.3 is 12.1 Å². The Morgan fingerprint density at radius 2 is 2.33 bits per heavy atom. The van der Waals surface area contributed by atoms with E-state index in [0.29, 0.717) is 18.4 Å². The standard InChI is InChI=1S/C17H23NO6/c1-10-12-7-6-11(9-22-16(20)18-21-3)5-4-8-17(2)14(24-17)13(12)23-15(10)19/h5,12-14H,1,4,6-9H2,2-3H3,(H,18,20)/b11-5+/t12-,13-,14-,17+/m0/s1. The molecular formula is C17H23NO6. The van der Waals surface area contributed by atoms with Crippen molar-refractivity contribution in [2.75, 3.05) is 13.7 Å². The van der Waals surface area contributed by atoms with Crippen molar-refractivity contribution >= 4 is 12.1 Å². The second-order valence-electron chi connectivity index (χ2n) is 6.67. The van der Waals surface area contributed by atoms with E-state index in [9.17, 15) is 9.59 Å². The lowest BCUT2D eigenvalue weighted by atomic mass is 9.84. The fraction of sp³-hybridized carbons (Fsp3) is 0.647. The summed E-state index contributed by atoms with van der Waals surface area (Å²) in [4.78, 5) is 27.8. The number of rotatable bonds is 3. The van der Waals surface area contributed by atoms with E-state index >= 15 is 0 Å². The lowest BCUT2D eigenvalue weighted by Gasteiger charge is -2.20. The minimum atomic E-state index is -0.630. The van der Waals surface area contributed by atoms with Crippen LogP contribution in [0, 0.1) is 5.92 Å². The third-order valence-corrected chi connectivity index (χ3v) is 5.01. The fourth-order valence-electron chi connectivity index (χ4n) is 3.52. The van der Waals surface area contributed by atoms with Crippen LogP contribution in [0.1, 0.15) is 32.6 Å². The molecule has 0 aromatic heterocycles. The molecule has 2 saturated heterocycles. The molecule has 1 aliphatic carbocycles. The van der Waals surface area contributed by atoms with E-state index in [2.05, 4.69) is 23.0 Å². The number of hydrogen-bond acceptors (Lipinski definition) is 6. The normalized spacial score (nSPS) is 37.4. The molecule has 2 fully saturated rings. The molecule has 2 aliphatic heterocycles. The molecule has 0 radical (unpaired) electrons. The number of hydroxylamine groups is 1. The highest BCUT2D eigenvalue weighted by Gasteiger charge is 2.61. The SMILES string of the molecule is C=C1C(=O)O[C@H]2[C@H]1CC/C(COC(=O)NOC)=C\CC[C@@]1(C)O[C@@H]21. The third kappa shape index (κ3) is 3.32. The highest BCUT2D eigenvalue weighted by molar-refractivity contribution is 5.91. The molecule has 7 nitrogen and oxygen atoms in total. The van der Waals surface area contributed by atoms with Gasteiger partial charge in [0.2, 0.25) is 0 Å². The summed E-state index contributed by atoms with van der Waals surface area (Å²) < 4.78 is 16.5. The van der Waals surface area contributed by atoms with Crippen molar-refractivity contribution < 1.29 is 28.6 Å². The summed E-state index contributed by atoms with van der Waals surface area (Å²) in [5, 5.41) is 0. The van der Waals surface area contributed by atoms with Crippen molar-refractivity contribution in [2.45, 2.75) is 50.4 Å². The van der Waals surface area contributed by atoms with Crippen LogP contribution in [-0.2, 0) is 23.8 Å². The summed E-state index contributed by atoms with van der Waals surface area (Å²) in [7, 11) is 1.35. The van der Waals surface area contributed by atoms with E-state index in [1.807, 2.05) is 6.92 Å². The number of nitrogens with one attached hydrogen (secondary N) is 1. The van der Waals surface area contributed by atoms with Gasteiger partial charge in [-0.15, -0.1) is 0 Å². The summed E-state index contributed by atoms with van der Waals surface area (Å²) in [5.41, 5.74) is 3.37. The van der Waals surface area contributed by atoms with Crippen molar-refractivity contribution in [2.24, 2.45) is 5.92 Å². The van der Waals surface area contributed by atoms with Crippen molar-refractivity contribution in [1.82, 2.24) is 5.48 Å². The summed E-state index contributed by atoms with van der Waals surface area (Å²) >= 11 is 0. The molecular weight excluding hydrogens is 314 g/mol. The molecule has 0 spiro atoms. The average molecular weight is 337 g/mol. The first-order chi connectivity index (χ1) is 11.4. The van der Waals surface area contributed by atoms with Crippen LogP contribution in [0.25, 0.3) is 0 Å². The Balaban J connectivity index is 1.69. The highest BCUT2D eigenvalue weighted by Crippen LogP contribution is 2.49. The average Bonchev–Trinajstić information content (AvgIpc) is 3.13. The van der Waals surface area contributed by atoms with Crippen molar-refractivity contribution in [3.8, 4) is 0 Å². The van der Waals surface area contributed by atoms with Crippen LogP contribution >= 0.6 is 0 Å². The molecule has 24 heavy (non-hydrogen) atoms. The van der Waals surface area contributed by atoms with E-state index in [4.69, 9.17) is 14.2 Å². The summed E-state index contributed by atoms with van der Waals surface area (Å²) in [6, 6.07) is 0. The van der Waals surface area contributed by atoms with Crippen LogP contribution < -0.4 is 5.48 Å². The Morgan fingerprint density at radius 1 is 1.54 bits per heavy atom. The first-order valence-corrected chi connectivity index (χ1v) is 8.16. The molecule has 4 atom stereocenters. The van der Waals surface area contributed by atoms with E-state index in [1.165, 1.54) is 7.11 Å². The molecule has 0 saturated carbocycles. The second kappa shape index (κ2) is 6.57. The Morgan fingerprint density at radius 3 is 3.08 bits per heavy atom. The zero-order chi connectivity index (χ0) is 17.3. The molecule has 3 aliphatic rings. The van der Waals surface area contributed by atoms with Gasteiger partial charge in [-0.1, -0.05) is 12.7 Å². The maximum atomic E-state index is 11.9. The van der Waals surface area contributed by atoms with Crippen LogP contribution in [0.2, 0.25) is 0 Å². The maximum absolute atomic E-state index is 11.9. The van der Waals surface area contributed by atoms with Gasteiger partial charge in [-0.2, -0.15) is 5.48 Å². The molecule has 3 rings (SSSR count). The maximum Gasteiger partial charge on any atom is 0.431 e. The first kappa shape index (κ1) is 17.0. The molecule has 1 N–H and O–H groups in total. The Bertz CT molecular complexity index is 586. The Hall–Kier alpha value is -1.86. The van der Waals surface area contributed by atoms with Crippen molar-refractivity contribution in [3.05, 3.63) is 23.8 Å². The van der Waals surface area contributed by atoms with Crippen LogP contribution in [0.15, 0.2) is 23.8 Å². The van der Waals surface area contributed by atoms with E-state index < -0.39 is 6.09 Å². The number of carbonyl (C=O) groups excluding carboxylic acids is 2. The predicted octanol–water partition coefficient (Wildman–Crippen LogP) is 2.03. The number of amides is 1. The molecule has 7 heteroatoms. The monoisotopic (exact) mass is 337 g/mol. The number of epoxide rings is 1. The quantitative estimate of drug-likeness (QED) is 0.279. The number of hydrogen-bond donors (Lipinski definition) is 1. The van der Waals surface area contributed by atoms with Gasteiger partial charge < -0.3 is 14.2 Å². The van der Waals surface area contributed by atoms with Gasteiger partial charge in [0, 0.05) is 11.5 Å². The lowest BCUT2D eigenvalue weighted by molar-refractivity contribution is -0.140. The van der Waals surface area contributed by atoms with E-state index in [-0.39, 0.29) is 36.3 Å². The van der Waals surface area contributed by atoms with Gasteiger partial charge in [0.25, 0.3) is 0 Å². The van der Waals surface area contributed by atoms with Crippen LogP contribution in [0.3, 0.4) is 0 Å².